The molecule has 1 atom stereocenters. The minimum Gasteiger partial charge on any atom is -0.496 e. The number of amides is 1. The summed E-state index contributed by atoms with van der Waals surface area (Å²) in [6, 6.07) is 10.1. The summed E-state index contributed by atoms with van der Waals surface area (Å²) >= 11 is 1.58. The van der Waals surface area contributed by atoms with E-state index in [-0.39, 0.29) is 29.4 Å². The van der Waals surface area contributed by atoms with Crippen molar-refractivity contribution in [1.82, 2.24) is 0 Å². The molecule has 6 heteroatoms. The Morgan fingerprint density at radius 1 is 1.12 bits per heavy atom. The summed E-state index contributed by atoms with van der Waals surface area (Å²) in [6.45, 7) is 4.16. The van der Waals surface area contributed by atoms with Crippen LogP contribution in [0.1, 0.15) is 79.9 Å². The van der Waals surface area contributed by atoms with Crippen molar-refractivity contribution in [2.75, 3.05) is 12.0 Å². The fraction of sp³-hybridized carbons (Fsp3) is 0.464. The minimum absolute atomic E-state index is 0.0481. The first-order chi connectivity index (χ1) is 16.3. The van der Waals surface area contributed by atoms with Crippen LogP contribution in [-0.2, 0) is 22.4 Å². The molecular weight excluding hydrogens is 444 g/mol. The van der Waals surface area contributed by atoms with Gasteiger partial charge in [-0.3, -0.25) is 14.5 Å². The van der Waals surface area contributed by atoms with Crippen molar-refractivity contribution >= 4 is 28.0 Å². The number of benzene rings is 1. The van der Waals surface area contributed by atoms with Crippen molar-refractivity contribution in [1.29, 1.82) is 5.26 Å². The number of fused-ring (bicyclic) bond motifs is 1. The van der Waals surface area contributed by atoms with Crippen LogP contribution in [0.15, 0.2) is 35.5 Å². The molecule has 0 bridgehead atoms. The molecule has 2 aromatic rings. The maximum atomic E-state index is 13.8. The first kappa shape index (κ1) is 22.9. The first-order valence-electron chi connectivity index (χ1n) is 12.1. The number of ketones is 1. The zero-order valence-electron chi connectivity index (χ0n) is 20.1. The Kier molecular flexibility index (Phi) is 5.85. The lowest BCUT2D eigenvalue weighted by molar-refractivity contribution is -0.120. The summed E-state index contributed by atoms with van der Waals surface area (Å²) in [5, 5.41) is 10.9. The summed E-state index contributed by atoms with van der Waals surface area (Å²) in [7, 11) is 1.62. The second-order valence-corrected chi connectivity index (χ2v) is 11.5. The molecule has 0 saturated heterocycles. The highest BCUT2D eigenvalue weighted by molar-refractivity contribution is 7.16. The number of carbonyl (C=O) groups excluding carboxylic acids is 2. The highest BCUT2D eigenvalue weighted by atomic mass is 32.1. The quantitative estimate of drug-likeness (QED) is 0.507. The number of carbonyl (C=O) groups is 2. The molecule has 3 aliphatic rings. The maximum absolute atomic E-state index is 13.8. The number of methoxy groups -OCH3 is 1. The molecule has 176 valence electrons. The Labute approximate surface area is 205 Å². The first-order valence-corrected chi connectivity index (χ1v) is 12.9. The van der Waals surface area contributed by atoms with Gasteiger partial charge in [-0.15, -0.1) is 11.3 Å². The molecule has 0 spiro atoms. The van der Waals surface area contributed by atoms with Gasteiger partial charge in [0.25, 0.3) is 0 Å². The number of ether oxygens (including phenoxy) is 1. The van der Waals surface area contributed by atoms with Gasteiger partial charge >= 0.3 is 0 Å². The number of anilines is 1. The molecule has 1 aromatic carbocycles. The highest BCUT2D eigenvalue weighted by Crippen LogP contribution is 2.51. The number of hydrogen-bond donors (Lipinski definition) is 0. The average molecular weight is 475 g/mol. The van der Waals surface area contributed by atoms with Crippen LogP contribution in [0.4, 0.5) is 5.00 Å². The Balaban J connectivity index is 1.71. The van der Waals surface area contributed by atoms with Crippen LogP contribution in [0.25, 0.3) is 0 Å². The maximum Gasteiger partial charge on any atom is 0.232 e. The molecule has 5 rings (SSSR count). The van der Waals surface area contributed by atoms with Crippen molar-refractivity contribution in [3.63, 3.8) is 0 Å². The van der Waals surface area contributed by atoms with Crippen LogP contribution in [0.2, 0.25) is 0 Å². The lowest BCUT2D eigenvalue weighted by atomic mass is 9.69. The number of aryl methyl sites for hydroxylation is 1. The normalized spacial score (nSPS) is 22.1. The van der Waals surface area contributed by atoms with Gasteiger partial charge in [-0.25, -0.2) is 0 Å². The monoisotopic (exact) mass is 474 g/mol. The van der Waals surface area contributed by atoms with E-state index < -0.39 is 0 Å². The standard InChI is InChI=1S/C28H30N2O3S/c1-28(2)14-21-26(22(31)15-28)19(17-9-7-8-11-23(17)33-3)13-25(32)30(21)27-20(16-29)18-10-5-4-6-12-24(18)34-27/h7-9,11,19H,4-6,10,12-15H2,1-3H3/t19-/m1/s1. The van der Waals surface area contributed by atoms with Gasteiger partial charge in [-0.1, -0.05) is 38.5 Å². The van der Waals surface area contributed by atoms with Gasteiger partial charge in [0.05, 0.1) is 12.7 Å². The highest BCUT2D eigenvalue weighted by Gasteiger charge is 2.46. The molecule has 34 heavy (non-hydrogen) atoms. The van der Waals surface area contributed by atoms with Gasteiger partial charge in [-0.05, 0) is 49.1 Å². The Bertz CT molecular complexity index is 1250. The van der Waals surface area contributed by atoms with Crippen LogP contribution in [0.3, 0.4) is 0 Å². The number of Topliss-reactive ketones (excluding diaryl/α,β-unsaturated/α-hetero) is 1. The molecule has 0 saturated carbocycles. The van der Waals surface area contributed by atoms with E-state index in [1.807, 2.05) is 24.3 Å². The molecular formula is C28H30N2O3S. The van der Waals surface area contributed by atoms with E-state index in [9.17, 15) is 14.9 Å². The smallest absolute Gasteiger partial charge is 0.232 e. The lowest BCUT2D eigenvalue weighted by Gasteiger charge is -2.42. The number of hydrogen-bond acceptors (Lipinski definition) is 5. The third-order valence-electron chi connectivity index (χ3n) is 7.37. The molecule has 2 heterocycles. The molecule has 2 aliphatic carbocycles. The van der Waals surface area contributed by atoms with Gasteiger partial charge in [0, 0.05) is 40.5 Å². The molecule has 0 unspecified atom stereocenters. The number of rotatable bonds is 3. The van der Waals surface area contributed by atoms with E-state index in [0.29, 0.717) is 24.2 Å². The van der Waals surface area contributed by atoms with Crippen LogP contribution in [-0.4, -0.2) is 18.8 Å². The Morgan fingerprint density at radius 3 is 2.65 bits per heavy atom. The van der Waals surface area contributed by atoms with E-state index in [4.69, 9.17) is 4.74 Å². The Morgan fingerprint density at radius 2 is 1.88 bits per heavy atom. The number of nitriles is 1. The van der Waals surface area contributed by atoms with Crippen LogP contribution >= 0.6 is 11.3 Å². The molecule has 1 amide bonds. The van der Waals surface area contributed by atoms with Gasteiger partial charge in [0.1, 0.15) is 16.8 Å². The molecule has 0 fully saturated rings. The van der Waals surface area contributed by atoms with Gasteiger partial charge < -0.3 is 4.74 Å². The van der Waals surface area contributed by atoms with E-state index in [1.165, 1.54) is 11.3 Å². The zero-order valence-corrected chi connectivity index (χ0v) is 20.9. The van der Waals surface area contributed by atoms with E-state index in [1.54, 1.807) is 23.3 Å². The second kappa shape index (κ2) is 8.70. The molecule has 5 nitrogen and oxygen atoms in total. The summed E-state index contributed by atoms with van der Waals surface area (Å²) < 4.78 is 5.60. The summed E-state index contributed by atoms with van der Waals surface area (Å²) in [4.78, 5) is 30.4. The fourth-order valence-electron chi connectivity index (χ4n) is 5.87. The van der Waals surface area contributed by atoms with Crippen LogP contribution < -0.4 is 9.64 Å². The lowest BCUT2D eigenvalue weighted by Crippen LogP contribution is -2.43. The number of allylic oxidation sites excluding steroid dienone is 2. The molecule has 0 N–H and O–H groups in total. The van der Waals surface area contributed by atoms with Crippen molar-refractivity contribution in [2.24, 2.45) is 5.41 Å². The van der Waals surface area contributed by atoms with Crippen molar-refractivity contribution in [3.8, 4) is 11.8 Å². The fourth-order valence-corrected chi connectivity index (χ4v) is 7.25. The minimum atomic E-state index is -0.332. The molecule has 1 aliphatic heterocycles. The third kappa shape index (κ3) is 3.76. The molecule has 1 aromatic heterocycles. The van der Waals surface area contributed by atoms with E-state index in [0.717, 1.165) is 53.1 Å². The number of para-hydroxylation sites is 1. The third-order valence-corrected chi connectivity index (χ3v) is 8.65. The van der Waals surface area contributed by atoms with Crippen molar-refractivity contribution in [2.45, 2.75) is 71.1 Å². The number of thiophene rings is 1. The number of nitrogens with zero attached hydrogens (tertiary/aromatic N) is 2. The van der Waals surface area contributed by atoms with Crippen molar-refractivity contribution in [3.05, 3.63) is 57.1 Å². The second-order valence-electron chi connectivity index (χ2n) is 10.4. The molecule has 0 radical (unpaired) electrons. The summed E-state index contributed by atoms with van der Waals surface area (Å²) in [5.41, 5.74) is 3.87. The summed E-state index contributed by atoms with van der Waals surface area (Å²) in [5.74, 6) is 0.407. The SMILES string of the molecule is COc1ccccc1[C@H]1CC(=O)N(c2sc3c(c2C#N)CCCCC3)C2=C1C(=O)CC(C)(C)C2. The van der Waals surface area contributed by atoms with Gasteiger partial charge in [0.2, 0.25) is 5.91 Å². The zero-order chi connectivity index (χ0) is 24.0. The van der Waals surface area contributed by atoms with E-state index >= 15 is 0 Å². The van der Waals surface area contributed by atoms with Gasteiger partial charge in [-0.2, -0.15) is 5.26 Å². The Hall–Kier alpha value is -2.91. The largest absolute Gasteiger partial charge is 0.496 e. The van der Waals surface area contributed by atoms with E-state index in [2.05, 4.69) is 19.9 Å². The topological polar surface area (TPSA) is 70.4 Å². The average Bonchev–Trinajstić information content (AvgIpc) is 2.97. The van der Waals surface area contributed by atoms with Crippen LogP contribution in [0, 0.1) is 16.7 Å². The van der Waals surface area contributed by atoms with Crippen LogP contribution in [0.5, 0.6) is 5.75 Å². The summed E-state index contributed by atoms with van der Waals surface area (Å²) in [6.07, 6.45) is 6.46. The predicted molar refractivity (Wildman–Crippen MR) is 133 cm³/mol. The van der Waals surface area contributed by atoms with Crippen molar-refractivity contribution < 1.29 is 14.3 Å². The van der Waals surface area contributed by atoms with Gasteiger partial charge in [0.15, 0.2) is 5.78 Å². The predicted octanol–water partition coefficient (Wildman–Crippen LogP) is 6.06.